The molecule has 0 bridgehead atoms. The molecule has 1 unspecified atom stereocenters. The molecule has 0 aromatic heterocycles. The highest BCUT2D eigenvalue weighted by Gasteiger charge is 2.37. The molecule has 1 atom stereocenters. The fourth-order valence-corrected chi connectivity index (χ4v) is 1.08. The van der Waals surface area contributed by atoms with Gasteiger partial charge in [-0.05, 0) is 13.3 Å². The van der Waals surface area contributed by atoms with Crippen LogP contribution in [0, 0.1) is 0 Å². The van der Waals surface area contributed by atoms with Crippen molar-refractivity contribution in [3.8, 4) is 0 Å². The van der Waals surface area contributed by atoms with Crippen LogP contribution in [0.5, 0.6) is 0 Å². The Morgan fingerprint density at radius 2 is 1.75 bits per heavy atom. The Kier molecular flexibility index (Phi) is 4.03. The maximum absolute atomic E-state index is 11.8. The first kappa shape index (κ1) is 11.8. The molecule has 0 saturated carbocycles. The molecule has 0 aliphatic carbocycles. The smallest absolute Gasteiger partial charge is 0.390 e. The van der Waals surface area contributed by atoms with Gasteiger partial charge in [-0.3, -0.25) is 0 Å². The van der Waals surface area contributed by atoms with Crippen LogP contribution in [-0.2, 0) is 0 Å². The molecular formula is C8H15F3O. The minimum atomic E-state index is -4.27. The molecule has 0 fully saturated rings. The average molecular weight is 184 g/mol. The monoisotopic (exact) mass is 184 g/mol. The summed E-state index contributed by atoms with van der Waals surface area (Å²) in [6.07, 6.45) is -3.74. The third-order valence-electron chi connectivity index (χ3n) is 1.65. The molecule has 0 heterocycles. The van der Waals surface area contributed by atoms with Crippen molar-refractivity contribution >= 4 is 0 Å². The molecule has 12 heavy (non-hydrogen) atoms. The second-order valence-corrected chi connectivity index (χ2v) is 3.39. The van der Waals surface area contributed by atoms with E-state index in [1.54, 1.807) is 0 Å². The van der Waals surface area contributed by atoms with Crippen molar-refractivity contribution in [1.29, 1.82) is 0 Å². The summed E-state index contributed by atoms with van der Waals surface area (Å²) >= 11 is 0. The van der Waals surface area contributed by atoms with Gasteiger partial charge < -0.3 is 5.11 Å². The number of hydrogen-bond acceptors (Lipinski definition) is 1. The van der Waals surface area contributed by atoms with Crippen molar-refractivity contribution in [2.45, 2.75) is 51.3 Å². The molecule has 0 amide bonds. The van der Waals surface area contributed by atoms with Gasteiger partial charge in [-0.1, -0.05) is 19.8 Å². The molecule has 1 N–H and O–H groups in total. The number of rotatable bonds is 4. The summed E-state index contributed by atoms with van der Waals surface area (Å²) in [5.74, 6) is 0. The van der Waals surface area contributed by atoms with Crippen LogP contribution in [0.2, 0.25) is 0 Å². The van der Waals surface area contributed by atoms with Crippen molar-refractivity contribution in [3.63, 3.8) is 0 Å². The van der Waals surface area contributed by atoms with Crippen molar-refractivity contribution in [2.75, 3.05) is 0 Å². The topological polar surface area (TPSA) is 20.2 Å². The van der Waals surface area contributed by atoms with Crippen molar-refractivity contribution in [3.05, 3.63) is 0 Å². The molecule has 0 saturated heterocycles. The normalized spacial score (nSPS) is 17.5. The van der Waals surface area contributed by atoms with Gasteiger partial charge in [0.1, 0.15) is 0 Å². The maximum atomic E-state index is 11.8. The Balaban J connectivity index is 3.86. The van der Waals surface area contributed by atoms with E-state index in [9.17, 15) is 18.3 Å². The Hall–Kier alpha value is -0.250. The quantitative estimate of drug-likeness (QED) is 0.712. The first-order valence-electron chi connectivity index (χ1n) is 4.06. The van der Waals surface area contributed by atoms with Crippen LogP contribution in [0.25, 0.3) is 0 Å². The largest absolute Gasteiger partial charge is 0.391 e. The number of aliphatic hydroxyl groups is 1. The van der Waals surface area contributed by atoms with E-state index >= 15 is 0 Å². The molecule has 4 heteroatoms. The van der Waals surface area contributed by atoms with Gasteiger partial charge in [0.2, 0.25) is 0 Å². The highest BCUT2D eigenvalue weighted by atomic mass is 19.4. The van der Waals surface area contributed by atoms with Crippen molar-refractivity contribution < 1.29 is 18.3 Å². The zero-order chi connectivity index (χ0) is 9.83. The summed E-state index contributed by atoms with van der Waals surface area (Å²) in [4.78, 5) is 0. The van der Waals surface area contributed by atoms with E-state index in [2.05, 4.69) is 0 Å². The molecule has 0 aliphatic rings. The van der Waals surface area contributed by atoms with Gasteiger partial charge >= 0.3 is 6.18 Å². The lowest BCUT2D eigenvalue weighted by Gasteiger charge is -2.24. The van der Waals surface area contributed by atoms with Gasteiger partial charge in [-0.15, -0.1) is 0 Å². The third-order valence-corrected chi connectivity index (χ3v) is 1.65. The fraction of sp³-hybridized carbons (Fsp3) is 1.00. The van der Waals surface area contributed by atoms with Gasteiger partial charge in [0.25, 0.3) is 0 Å². The Bertz CT molecular complexity index is 129. The summed E-state index contributed by atoms with van der Waals surface area (Å²) in [7, 11) is 0. The third kappa shape index (κ3) is 6.46. The fourth-order valence-electron chi connectivity index (χ4n) is 1.08. The van der Waals surface area contributed by atoms with Crippen LogP contribution >= 0.6 is 0 Å². The molecule has 0 spiro atoms. The average Bonchev–Trinajstić information content (AvgIpc) is 1.78. The van der Waals surface area contributed by atoms with E-state index in [-0.39, 0.29) is 6.42 Å². The Labute approximate surface area is 70.6 Å². The molecule has 1 nitrogen and oxygen atoms in total. The summed E-state index contributed by atoms with van der Waals surface area (Å²) in [5, 5.41) is 9.26. The number of alkyl halides is 3. The summed E-state index contributed by atoms with van der Waals surface area (Å²) in [6.45, 7) is 3.11. The summed E-state index contributed by atoms with van der Waals surface area (Å²) in [5.41, 5.74) is -1.59. The van der Waals surface area contributed by atoms with E-state index < -0.39 is 18.2 Å². The standard InChI is InChI=1S/C8H15F3O/c1-3-4-5-7(2,12)6-8(9,10)11/h12H,3-6H2,1-2H3. The molecular weight excluding hydrogens is 169 g/mol. The second-order valence-electron chi connectivity index (χ2n) is 3.39. The number of halogens is 3. The summed E-state index contributed by atoms with van der Waals surface area (Å²) < 4.78 is 35.5. The molecule has 0 aliphatic heterocycles. The highest BCUT2D eigenvalue weighted by molar-refractivity contribution is 4.75. The van der Waals surface area contributed by atoms with Gasteiger partial charge in [-0.25, -0.2) is 0 Å². The first-order chi connectivity index (χ1) is 5.27. The minimum absolute atomic E-state index is 0.211. The van der Waals surface area contributed by atoms with Gasteiger partial charge in [0, 0.05) is 0 Å². The molecule has 74 valence electrons. The van der Waals surface area contributed by atoms with Gasteiger partial charge in [-0.2, -0.15) is 13.2 Å². The maximum Gasteiger partial charge on any atom is 0.391 e. The van der Waals surface area contributed by atoms with Gasteiger partial charge in [0.05, 0.1) is 12.0 Å². The lowest BCUT2D eigenvalue weighted by atomic mass is 9.95. The zero-order valence-electron chi connectivity index (χ0n) is 7.41. The van der Waals surface area contributed by atoms with Gasteiger partial charge in [0.15, 0.2) is 0 Å². The van der Waals surface area contributed by atoms with Crippen LogP contribution in [-0.4, -0.2) is 16.9 Å². The summed E-state index contributed by atoms with van der Waals surface area (Å²) in [6, 6.07) is 0. The zero-order valence-corrected chi connectivity index (χ0v) is 7.41. The molecule has 0 rings (SSSR count). The van der Waals surface area contributed by atoms with E-state index in [0.29, 0.717) is 6.42 Å². The van der Waals surface area contributed by atoms with Crippen LogP contribution in [0.1, 0.15) is 39.5 Å². The minimum Gasteiger partial charge on any atom is -0.390 e. The van der Waals surface area contributed by atoms with Crippen LogP contribution in [0.3, 0.4) is 0 Å². The van der Waals surface area contributed by atoms with Crippen molar-refractivity contribution in [2.24, 2.45) is 0 Å². The lowest BCUT2D eigenvalue weighted by molar-refractivity contribution is -0.173. The number of hydrogen-bond donors (Lipinski definition) is 1. The number of unbranched alkanes of at least 4 members (excludes halogenated alkanes) is 1. The highest BCUT2D eigenvalue weighted by Crippen LogP contribution is 2.30. The molecule has 0 aromatic rings. The van der Waals surface area contributed by atoms with E-state index in [0.717, 1.165) is 6.42 Å². The van der Waals surface area contributed by atoms with Crippen LogP contribution in [0.15, 0.2) is 0 Å². The SMILES string of the molecule is CCCCC(C)(O)CC(F)(F)F. The van der Waals surface area contributed by atoms with E-state index in [1.807, 2.05) is 6.92 Å². The first-order valence-corrected chi connectivity index (χ1v) is 4.06. The predicted octanol–water partition coefficient (Wildman–Crippen LogP) is 2.88. The molecule has 0 aromatic carbocycles. The van der Waals surface area contributed by atoms with Crippen LogP contribution in [0.4, 0.5) is 13.2 Å². The Morgan fingerprint density at radius 3 is 2.08 bits per heavy atom. The lowest BCUT2D eigenvalue weighted by Crippen LogP contribution is -2.31. The predicted molar refractivity (Wildman–Crippen MR) is 40.8 cm³/mol. The van der Waals surface area contributed by atoms with Crippen molar-refractivity contribution in [1.82, 2.24) is 0 Å². The second kappa shape index (κ2) is 4.12. The molecule has 0 radical (unpaired) electrons. The van der Waals surface area contributed by atoms with E-state index in [1.165, 1.54) is 6.92 Å². The van der Waals surface area contributed by atoms with Crippen LogP contribution < -0.4 is 0 Å². The van der Waals surface area contributed by atoms with E-state index in [4.69, 9.17) is 0 Å². The Morgan fingerprint density at radius 1 is 1.25 bits per heavy atom.